The normalized spacial score (nSPS) is 10.9. The average Bonchev–Trinajstić information content (AvgIpc) is 2.73. The van der Waals surface area contributed by atoms with Gasteiger partial charge < -0.3 is 4.74 Å². The van der Waals surface area contributed by atoms with E-state index in [1.54, 1.807) is 17.7 Å². The van der Waals surface area contributed by atoms with E-state index in [0.29, 0.717) is 17.5 Å². The smallest absolute Gasteiger partial charge is 0.225 e. The third-order valence-electron chi connectivity index (χ3n) is 3.20. The second-order valence-corrected chi connectivity index (χ2v) is 6.20. The molecular formula is C15H13ClN2OS. The number of aryl methyl sites for hydroxylation is 2. The van der Waals surface area contributed by atoms with E-state index in [-0.39, 0.29) is 0 Å². The molecular weight excluding hydrogens is 292 g/mol. The second-order valence-electron chi connectivity index (χ2n) is 4.56. The van der Waals surface area contributed by atoms with Crippen molar-refractivity contribution >= 4 is 33.2 Å². The molecule has 0 radical (unpaired) electrons. The summed E-state index contributed by atoms with van der Waals surface area (Å²) in [5.74, 6) is 0.636. The van der Waals surface area contributed by atoms with Gasteiger partial charge in [-0.2, -0.15) is 0 Å². The molecule has 0 aliphatic heterocycles. The Morgan fingerprint density at radius 3 is 2.90 bits per heavy atom. The molecule has 0 aliphatic rings. The van der Waals surface area contributed by atoms with Gasteiger partial charge in [-0.1, -0.05) is 23.7 Å². The molecule has 0 saturated heterocycles. The van der Waals surface area contributed by atoms with Crippen molar-refractivity contribution in [3.05, 3.63) is 51.6 Å². The lowest BCUT2D eigenvalue weighted by Crippen LogP contribution is -1.98. The molecule has 2 aromatic heterocycles. The van der Waals surface area contributed by atoms with Gasteiger partial charge in [-0.3, -0.25) is 0 Å². The van der Waals surface area contributed by atoms with Gasteiger partial charge in [0.05, 0.1) is 5.39 Å². The minimum Gasteiger partial charge on any atom is -0.472 e. The third kappa shape index (κ3) is 2.49. The fourth-order valence-corrected chi connectivity index (χ4v) is 3.24. The summed E-state index contributed by atoms with van der Waals surface area (Å²) in [6.45, 7) is 4.60. The van der Waals surface area contributed by atoms with Gasteiger partial charge in [-0.15, -0.1) is 11.3 Å². The molecule has 0 fully saturated rings. The highest BCUT2D eigenvalue weighted by Gasteiger charge is 2.12. The van der Waals surface area contributed by atoms with Gasteiger partial charge in [0.15, 0.2) is 0 Å². The predicted octanol–water partition coefficient (Wildman–Crippen LogP) is 4.54. The van der Waals surface area contributed by atoms with E-state index in [1.165, 1.54) is 10.4 Å². The van der Waals surface area contributed by atoms with Crippen LogP contribution >= 0.6 is 22.9 Å². The molecule has 0 unspecified atom stereocenters. The van der Waals surface area contributed by atoms with Crippen molar-refractivity contribution in [1.82, 2.24) is 9.97 Å². The van der Waals surface area contributed by atoms with Crippen LogP contribution in [0.4, 0.5) is 0 Å². The van der Waals surface area contributed by atoms with Gasteiger partial charge >= 0.3 is 0 Å². The van der Waals surface area contributed by atoms with Gasteiger partial charge in [0.1, 0.15) is 17.8 Å². The van der Waals surface area contributed by atoms with Gasteiger partial charge in [0.2, 0.25) is 5.88 Å². The highest BCUT2D eigenvalue weighted by molar-refractivity contribution is 7.18. The van der Waals surface area contributed by atoms with Crippen molar-refractivity contribution in [2.24, 2.45) is 0 Å². The Kier molecular flexibility index (Phi) is 3.59. The molecule has 0 amide bonds. The molecule has 2 heterocycles. The van der Waals surface area contributed by atoms with Crippen LogP contribution in [0.25, 0.3) is 10.2 Å². The van der Waals surface area contributed by atoms with Crippen LogP contribution in [0.15, 0.2) is 30.6 Å². The molecule has 0 bridgehead atoms. The zero-order valence-electron chi connectivity index (χ0n) is 11.2. The average molecular weight is 305 g/mol. The number of fused-ring (bicyclic) bond motifs is 1. The second kappa shape index (κ2) is 5.38. The first-order valence-electron chi connectivity index (χ1n) is 6.23. The van der Waals surface area contributed by atoms with Crippen LogP contribution < -0.4 is 4.74 Å². The van der Waals surface area contributed by atoms with Crippen molar-refractivity contribution in [1.29, 1.82) is 0 Å². The lowest BCUT2D eigenvalue weighted by atomic mass is 10.2. The van der Waals surface area contributed by atoms with Crippen molar-refractivity contribution in [2.75, 3.05) is 0 Å². The minimum absolute atomic E-state index is 0.445. The first-order valence-corrected chi connectivity index (χ1v) is 7.42. The SMILES string of the molecule is Cc1sc2ncnc(OCc3cccc(Cl)c3)c2c1C. The summed E-state index contributed by atoms with van der Waals surface area (Å²) in [6, 6.07) is 7.64. The van der Waals surface area contributed by atoms with Crippen LogP contribution in [0.1, 0.15) is 16.0 Å². The largest absolute Gasteiger partial charge is 0.472 e. The Bertz CT molecular complexity index is 770. The molecule has 3 aromatic rings. The molecule has 0 aliphatic carbocycles. The van der Waals surface area contributed by atoms with E-state index in [0.717, 1.165) is 15.8 Å². The monoisotopic (exact) mass is 304 g/mol. The van der Waals surface area contributed by atoms with E-state index in [2.05, 4.69) is 23.8 Å². The lowest BCUT2D eigenvalue weighted by Gasteiger charge is -2.07. The molecule has 0 N–H and O–H groups in total. The predicted molar refractivity (Wildman–Crippen MR) is 82.7 cm³/mol. The Morgan fingerprint density at radius 2 is 2.10 bits per heavy atom. The molecule has 0 saturated carbocycles. The van der Waals surface area contributed by atoms with Crippen LogP contribution in [0.5, 0.6) is 5.88 Å². The van der Waals surface area contributed by atoms with Crippen LogP contribution in [0, 0.1) is 13.8 Å². The maximum Gasteiger partial charge on any atom is 0.225 e. The molecule has 20 heavy (non-hydrogen) atoms. The summed E-state index contributed by atoms with van der Waals surface area (Å²) in [7, 11) is 0. The van der Waals surface area contributed by atoms with E-state index >= 15 is 0 Å². The fourth-order valence-electron chi connectivity index (χ4n) is 2.04. The Balaban J connectivity index is 1.91. The minimum atomic E-state index is 0.445. The highest BCUT2D eigenvalue weighted by atomic mass is 35.5. The van der Waals surface area contributed by atoms with E-state index < -0.39 is 0 Å². The van der Waals surface area contributed by atoms with Crippen molar-refractivity contribution in [2.45, 2.75) is 20.5 Å². The Labute approximate surface area is 126 Å². The zero-order chi connectivity index (χ0) is 14.1. The Hall–Kier alpha value is -1.65. The van der Waals surface area contributed by atoms with Crippen LogP contribution in [-0.2, 0) is 6.61 Å². The van der Waals surface area contributed by atoms with E-state index in [9.17, 15) is 0 Å². The van der Waals surface area contributed by atoms with Crippen LogP contribution in [0.2, 0.25) is 5.02 Å². The summed E-state index contributed by atoms with van der Waals surface area (Å²) >= 11 is 7.64. The number of thiophene rings is 1. The van der Waals surface area contributed by atoms with Crippen LogP contribution in [0.3, 0.4) is 0 Å². The summed E-state index contributed by atoms with van der Waals surface area (Å²) in [6.07, 6.45) is 1.55. The van der Waals surface area contributed by atoms with Crippen LogP contribution in [-0.4, -0.2) is 9.97 Å². The molecule has 1 aromatic carbocycles. The van der Waals surface area contributed by atoms with E-state index in [4.69, 9.17) is 16.3 Å². The maximum absolute atomic E-state index is 5.97. The summed E-state index contributed by atoms with van der Waals surface area (Å²) in [5, 5.41) is 1.72. The van der Waals surface area contributed by atoms with Gasteiger partial charge in [0.25, 0.3) is 0 Å². The topological polar surface area (TPSA) is 35.0 Å². The quantitative estimate of drug-likeness (QED) is 0.712. The number of aromatic nitrogens is 2. The third-order valence-corrected chi connectivity index (χ3v) is 4.55. The van der Waals surface area contributed by atoms with E-state index in [1.807, 2.05) is 24.3 Å². The highest BCUT2D eigenvalue weighted by Crippen LogP contribution is 2.33. The number of rotatable bonds is 3. The summed E-state index contributed by atoms with van der Waals surface area (Å²) in [4.78, 5) is 10.8. The summed E-state index contributed by atoms with van der Waals surface area (Å²) in [5.41, 5.74) is 2.21. The number of nitrogens with zero attached hydrogens (tertiary/aromatic N) is 2. The molecule has 3 nitrogen and oxygen atoms in total. The standard InChI is InChI=1S/C15H13ClN2OS/c1-9-10(2)20-15-13(9)14(17-8-18-15)19-7-11-4-3-5-12(16)6-11/h3-6,8H,7H2,1-2H3. The Morgan fingerprint density at radius 1 is 1.25 bits per heavy atom. The van der Waals surface area contributed by atoms with Crippen molar-refractivity contribution in [3.8, 4) is 5.88 Å². The van der Waals surface area contributed by atoms with Gasteiger partial charge in [-0.05, 0) is 37.1 Å². The fraction of sp³-hybridized carbons (Fsp3) is 0.200. The lowest BCUT2D eigenvalue weighted by molar-refractivity contribution is 0.297. The number of halogens is 1. The van der Waals surface area contributed by atoms with Gasteiger partial charge in [-0.25, -0.2) is 9.97 Å². The van der Waals surface area contributed by atoms with Crippen molar-refractivity contribution in [3.63, 3.8) is 0 Å². The number of hydrogen-bond acceptors (Lipinski definition) is 4. The molecule has 3 rings (SSSR count). The molecule has 0 spiro atoms. The summed E-state index contributed by atoms with van der Waals surface area (Å²) < 4.78 is 5.85. The molecule has 5 heteroatoms. The first-order chi connectivity index (χ1) is 9.65. The van der Waals surface area contributed by atoms with Crippen molar-refractivity contribution < 1.29 is 4.74 Å². The zero-order valence-corrected chi connectivity index (χ0v) is 12.8. The molecule has 102 valence electrons. The number of hydrogen-bond donors (Lipinski definition) is 0. The maximum atomic E-state index is 5.97. The molecule has 0 atom stereocenters. The number of ether oxygens (including phenoxy) is 1. The van der Waals surface area contributed by atoms with Gasteiger partial charge in [0, 0.05) is 9.90 Å². The number of benzene rings is 1. The first kappa shape index (κ1) is 13.3.